The van der Waals surface area contributed by atoms with E-state index in [4.69, 9.17) is 9.72 Å². The summed E-state index contributed by atoms with van der Waals surface area (Å²) >= 11 is 1.66. The number of ether oxygens (including phenoxy) is 1. The molecular weight excluding hydrogens is 396 g/mol. The molecule has 0 bridgehead atoms. The molecule has 156 valence electrons. The number of hydrogen-bond acceptors (Lipinski definition) is 5. The first-order chi connectivity index (χ1) is 14.6. The molecule has 3 aromatic rings. The molecule has 0 radical (unpaired) electrons. The number of aromatic nitrogens is 1. The van der Waals surface area contributed by atoms with E-state index in [1.807, 2.05) is 55.5 Å². The van der Waals surface area contributed by atoms with Crippen LogP contribution < -0.4 is 5.32 Å². The van der Waals surface area contributed by atoms with E-state index < -0.39 is 0 Å². The van der Waals surface area contributed by atoms with Crippen molar-refractivity contribution in [3.8, 4) is 0 Å². The van der Waals surface area contributed by atoms with Crippen LogP contribution in [0.2, 0.25) is 0 Å². The molecule has 1 N–H and O–H groups in total. The molecule has 4 rings (SSSR count). The predicted molar refractivity (Wildman–Crippen MR) is 118 cm³/mol. The predicted octanol–water partition coefficient (Wildman–Crippen LogP) is 4.99. The number of hydrogen-bond donors (Lipinski definition) is 1. The molecule has 6 heteroatoms. The highest BCUT2D eigenvalue weighted by Crippen LogP contribution is 2.41. The molecule has 0 unspecified atom stereocenters. The number of esters is 1. The lowest BCUT2D eigenvalue weighted by molar-refractivity contribution is -0.154. The molecule has 1 fully saturated rings. The van der Waals surface area contributed by atoms with E-state index in [1.165, 1.54) is 0 Å². The highest BCUT2D eigenvalue weighted by molar-refractivity contribution is 7.18. The largest absolute Gasteiger partial charge is 0.455 e. The van der Waals surface area contributed by atoms with Gasteiger partial charge in [0.2, 0.25) is 0 Å². The van der Waals surface area contributed by atoms with Crippen molar-refractivity contribution in [1.82, 2.24) is 10.3 Å². The minimum atomic E-state index is -0.290. The molecule has 1 aliphatic carbocycles. The van der Waals surface area contributed by atoms with Crippen molar-refractivity contribution >= 4 is 33.4 Å². The van der Waals surface area contributed by atoms with Crippen LogP contribution in [0.5, 0.6) is 0 Å². The van der Waals surface area contributed by atoms with Gasteiger partial charge in [0.05, 0.1) is 27.2 Å². The van der Waals surface area contributed by atoms with Crippen LogP contribution in [-0.4, -0.2) is 23.5 Å². The molecule has 1 amide bonds. The number of amides is 1. The fourth-order valence-electron chi connectivity index (χ4n) is 4.11. The second kappa shape index (κ2) is 9.39. The first kappa shape index (κ1) is 20.5. The number of fused-ring (bicyclic) bond motifs is 1. The average molecular weight is 423 g/mol. The summed E-state index contributed by atoms with van der Waals surface area (Å²) in [6, 6.07) is 17.6. The minimum absolute atomic E-state index is 0.0648. The van der Waals surface area contributed by atoms with Gasteiger partial charge in [0.15, 0.2) is 6.61 Å². The third-order valence-electron chi connectivity index (χ3n) is 5.72. The van der Waals surface area contributed by atoms with Crippen LogP contribution in [-0.2, 0) is 14.3 Å². The molecule has 1 aliphatic rings. The summed E-state index contributed by atoms with van der Waals surface area (Å²) in [7, 11) is 0. The second-order valence-corrected chi connectivity index (χ2v) is 8.89. The molecule has 0 aliphatic heterocycles. The van der Waals surface area contributed by atoms with Gasteiger partial charge in [-0.2, -0.15) is 0 Å². The molecule has 3 atom stereocenters. The number of carbonyl (C=O) groups excluding carboxylic acids is 2. The van der Waals surface area contributed by atoms with E-state index in [-0.39, 0.29) is 36.4 Å². The van der Waals surface area contributed by atoms with E-state index >= 15 is 0 Å². The monoisotopic (exact) mass is 422 g/mol. The van der Waals surface area contributed by atoms with Crippen LogP contribution >= 0.6 is 11.3 Å². The standard InChI is InChI=1S/C24H26N2O3S/c1-16(17-9-3-2-4-10-17)25-22(27)15-29-24(28)19-12-6-5-11-18(19)23-26-20-13-7-8-14-21(20)30-23/h2-4,7-10,13-14,16,18-19H,5-6,11-12,15H2,1H3,(H,25,27)/t16-,18-,19-/m0/s1. The zero-order chi connectivity index (χ0) is 20.9. The maximum absolute atomic E-state index is 12.8. The molecule has 5 nitrogen and oxygen atoms in total. The number of benzene rings is 2. The molecule has 1 aromatic heterocycles. The fraction of sp³-hybridized carbons (Fsp3) is 0.375. The van der Waals surface area contributed by atoms with Crippen molar-refractivity contribution in [2.24, 2.45) is 5.92 Å². The Morgan fingerprint density at radius 2 is 1.83 bits per heavy atom. The van der Waals surface area contributed by atoms with Gasteiger partial charge in [-0.1, -0.05) is 55.3 Å². The van der Waals surface area contributed by atoms with Gasteiger partial charge in [-0.15, -0.1) is 11.3 Å². The molecular formula is C24H26N2O3S. The van der Waals surface area contributed by atoms with Crippen molar-refractivity contribution in [3.63, 3.8) is 0 Å². The van der Waals surface area contributed by atoms with Gasteiger partial charge in [-0.05, 0) is 37.5 Å². The summed E-state index contributed by atoms with van der Waals surface area (Å²) in [5.41, 5.74) is 1.99. The molecule has 1 saturated carbocycles. The number of nitrogens with zero attached hydrogens (tertiary/aromatic N) is 1. The number of carbonyl (C=O) groups is 2. The first-order valence-corrected chi connectivity index (χ1v) is 11.3. The Morgan fingerprint density at radius 1 is 1.10 bits per heavy atom. The summed E-state index contributed by atoms with van der Waals surface area (Å²) in [4.78, 5) is 29.9. The fourth-order valence-corrected chi connectivity index (χ4v) is 5.28. The molecule has 2 aromatic carbocycles. The van der Waals surface area contributed by atoms with Crippen LogP contribution in [0.1, 0.15) is 55.1 Å². The van der Waals surface area contributed by atoms with Crippen LogP contribution in [0.15, 0.2) is 54.6 Å². The Morgan fingerprint density at radius 3 is 2.63 bits per heavy atom. The lowest BCUT2D eigenvalue weighted by Crippen LogP contribution is -2.34. The van der Waals surface area contributed by atoms with Gasteiger partial charge in [-0.3, -0.25) is 9.59 Å². The average Bonchev–Trinajstić information content (AvgIpc) is 3.22. The van der Waals surface area contributed by atoms with Gasteiger partial charge < -0.3 is 10.1 Å². The highest BCUT2D eigenvalue weighted by atomic mass is 32.1. The Bertz CT molecular complexity index is 984. The summed E-state index contributed by atoms with van der Waals surface area (Å²) in [5, 5.41) is 3.89. The van der Waals surface area contributed by atoms with E-state index in [0.29, 0.717) is 0 Å². The number of nitrogens with one attached hydrogen (secondary N) is 1. The smallest absolute Gasteiger partial charge is 0.310 e. The Balaban J connectivity index is 1.37. The number of thiazole rings is 1. The SMILES string of the molecule is C[C@H](NC(=O)COC(=O)[C@H]1CCCC[C@@H]1c1nc2ccccc2s1)c1ccccc1. The van der Waals surface area contributed by atoms with Gasteiger partial charge in [-0.25, -0.2) is 4.98 Å². The summed E-state index contributed by atoms with van der Waals surface area (Å²) in [6.07, 6.45) is 3.79. The van der Waals surface area contributed by atoms with Gasteiger partial charge in [0.1, 0.15) is 0 Å². The molecule has 30 heavy (non-hydrogen) atoms. The lowest BCUT2D eigenvalue weighted by atomic mass is 9.79. The van der Waals surface area contributed by atoms with Crippen molar-refractivity contribution in [1.29, 1.82) is 0 Å². The van der Waals surface area contributed by atoms with Crippen LogP contribution in [0, 0.1) is 5.92 Å². The summed E-state index contributed by atoms with van der Waals surface area (Å²) < 4.78 is 6.57. The summed E-state index contributed by atoms with van der Waals surface area (Å²) in [6.45, 7) is 1.67. The minimum Gasteiger partial charge on any atom is -0.455 e. The molecule has 0 spiro atoms. The topological polar surface area (TPSA) is 68.3 Å². The maximum atomic E-state index is 12.8. The highest BCUT2D eigenvalue weighted by Gasteiger charge is 2.35. The van der Waals surface area contributed by atoms with Crippen LogP contribution in [0.4, 0.5) is 0 Å². The molecule has 0 saturated heterocycles. The van der Waals surface area contributed by atoms with Crippen LogP contribution in [0.25, 0.3) is 10.2 Å². The van der Waals surface area contributed by atoms with Crippen molar-refractivity contribution < 1.29 is 14.3 Å². The third-order valence-corrected chi connectivity index (χ3v) is 6.89. The second-order valence-electron chi connectivity index (χ2n) is 7.82. The van der Waals surface area contributed by atoms with E-state index in [9.17, 15) is 9.59 Å². The first-order valence-electron chi connectivity index (χ1n) is 10.5. The van der Waals surface area contributed by atoms with E-state index in [0.717, 1.165) is 46.5 Å². The zero-order valence-electron chi connectivity index (χ0n) is 17.0. The quantitative estimate of drug-likeness (QED) is 0.568. The van der Waals surface area contributed by atoms with Gasteiger partial charge in [0, 0.05) is 5.92 Å². The number of rotatable bonds is 6. The van der Waals surface area contributed by atoms with E-state index in [1.54, 1.807) is 11.3 Å². The Kier molecular flexibility index (Phi) is 6.43. The lowest BCUT2D eigenvalue weighted by Gasteiger charge is -2.28. The van der Waals surface area contributed by atoms with Gasteiger partial charge in [0.25, 0.3) is 5.91 Å². The maximum Gasteiger partial charge on any atom is 0.310 e. The van der Waals surface area contributed by atoms with Crippen molar-refractivity contribution in [2.45, 2.75) is 44.6 Å². The normalized spacial score (nSPS) is 19.9. The number of para-hydroxylation sites is 1. The van der Waals surface area contributed by atoms with E-state index in [2.05, 4.69) is 11.4 Å². The molecule has 1 heterocycles. The third kappa shape index (κ3) is 4.70. The van der Waals surface area contributed by atoms with Crippen LogP contribution in [0.3, 0.4) is 0 Å². The Labute approximate surface area is 180 Å². The van der Waals surface area contributed by atoms with Gasteiger partial charge >= 0.3 is 5.97 Å². The van der Waals surface area contributed by atoms with Crippen molar-refractivity contribution in [2.75, 3.05) is 6.61 Å². The summed E-state index contributed by atoms with van der Waals surface area (Å²) in [5.74, 6) is -0.748. The van der Waals surface area contributed by atoms with Crippen molar-refractivity contribution in [3.05, 3.63) is 65.2 Å². The zero-order valence-corrected chi connectivity index (χ0v) is 17.9. The Hall–Kier alpha value is -2.73.